The molecule has 1 N–H and O–H groups in total. The molecule has 0 aliphatic carbocycles. The zero-order chi connectivity index (χ0) is 12.1. The Hall–Kier alpha value is -1.37. The normalized spacial score (nSPS) is 20.4. The summed E-state index contributed by atoms with van der Waals surface area (Å²) in [6, 6.07) is 10.2. The van der Waals surface area contributed by atoms with Crippen LogP contribution in [0.1, 0.15) is 17.5 Å². The SMILES string of the molecule is CNCC1CCN(Cc2ccccc2C#N)C1. The molecule has 1 aromatic rings. The minimum atomic E-state index is 0.759. The predicted molar refractivity (Wildman–Crippen MR) is 68.5 cm³/mol. The third-order valence-corrected chi connectivity index (χ3v) is 3.39. The van der Waals surface area contributed by atoms with E-state index in [1.807, 2.05) is 25.2 Å². The minimum absolute atomic E-state index is 0.759. The van der Waals surface area contributed by atoms with Gasteiger partial charge in [-0.15, -0.1) is 0 Å². The van der Waals surface area contributed by atoms with E-state index in [2.05, 4.69) is 22.4 Å². The molecule has 0 spiro atoms. The Balaban J connectivity index is 1.96. The smallest absolute Gasteiger partial charge is 0.0995 e. The summed E-state index contributed by atoms with van der Waals surface area (Å²) in [5.74, 6) is 0.759. The summed E-state index contributed by atoms with van der Waals surface area (Å²) in [7, 11) is 2.01. The lowest BCUT2D eigenvalue weighted by Gasteiger charge is -2.16. The molecule has 1 heterocycles. The van der Waals surface area contributed by atoms with Crippen LogP contribution in [0.15, 0.2) is 24.3 Å². The molecule has 17 heavy (non-hydrogen) atoms. The van der Waals surface area contributed by atoms with Crippen molar-refractivity contribution >= 4 is 0 Å². The Morgan fingerprint density at radius 3 is 3.06 bits per heavy atom. The maximum absolute atomic E-state index is 9.05. The van der Waals surface area contributed by atoms with E-state index in [1.165, 1.54) is 6.42 Å². The Kier molecular flexibility index (Phi) is 4.13. The summed E-state index contributed by atoms with van der Waals surface area (Å²) in [5.41, 5.74) is 1.96. The van der Waals surface area contributed by atoms with Gasteiger partial charge in [0.2, 0.25) is 0 Å². The number of likely N-dealkylation sites (tertiary alicyclic amines) is 1. The lowest BCUT2D eigenvalue weighted by molar-refractivity contribution is 0.315. The predicted octanol–water partition coefficient (Wildman–Crippen LogP) is 1.60. The maximum atomic E-state index is 9.05. The van der Waals surface area contributed by atoms with Crippen molar-refractivity contribution in [3.8, 4) is 6.07 Å². The summed E-state index contributed by atoms with van der Waals surface area (Å²) in [5, 5.41) is 12.3. The van der Waals surface area contributed by atoms with Crippen molar-refractivity contribution in [1.82, 2.24) is 10.2 Å². The highest BCUT2D eigenvalue weighted by Gasteiger charge is 2.22. The van der Waals surface area contributed by atoms with E-state index in [0.717, 1.165) is 43.2 Å². The van der Waals surface area contributed by atoms with Crippen LogP contribution in [0.5, 0.6) is 0 Å². The van der Waals surface area contributed by atoms with Crippen LogP contribution in [-0.4, -0.2) is 31.6 Å². The average molecular weight is 229 g/mol. The third-order valence-electron chi connectivity index (χ3n) is 3.39. The lowest BCUT2D eigenvalue weighted by Crippen LogP contribution is -2.24. The fraction of sp³-hybridized carbons (Fsp3) is 0.500. The number of nitriles is 1. The molecular weight excluding hydrogens is 210 g/mol. The van der Waals surface area contributed by atoms with Crippen LogP contribution < -0.4 is 5.32 Å². The van der Waals surface area contributed by atoms with Crippen LogP contribution >= 0.6 is 0 Å². The molecule has 0 radical (unpaired) electrons. The Bertz CT molecular complexity index is 408. The molecule has 3 nitrogen and oxygen atoms in total. The molecule has 0 bridgehead atoms. The van der Waals surface area contributed by atoms with Crippen LogP contribution in [0.4, 0.5) is 0 Å². The van der Waals surface area contributed by atoms with Gasteiger partial charge < -0.3 is 5.32 Å². The molecule has 1 aliphatic heterocycles. The maximum Gasteiger partial charge on any atom is 0.0995 e. The van der Waals surface area contributed by atoms with Crippen LogP contribution in [0, 0.1) is 17.2 Å². The molecule has 2 rings (SSSR count). The highest BCUT2D eigenvalue weighted by molar-refractivity contribution is 5.37. The molecule has 1 saturated heterocycles. The van der Waals surface area contributed by atoms with Gasteiger partial charge in [0.05, 0.1) is 11.6 Å². The molecule has 0 saturated carbocycles. The monoisotopic (exact) mass is 229 g/mol. The largest absolute Gasteiger partial charge is 0.319 e. The van der Waals surface area contributed by atoms with E-state index in [1.54, 1.807) is 0 Å². The summed E-state index contributed by atoms with van der Waals surface area (Å²) >= 11 is 0. The fourth-order valence-electron chi connectivity index (χ4n) is 2.52. The third kappa shape index (κ3) is 3.06. The summed E-state index contributed by atoms with van der Waals surface area (Å²) < 4.78 is 0. The van der Waals surface area contributed by atoms with Gasteiger partial charge in [-0.05, 0) is 44.1 Å². The Morgan fingerprint density at radius 2 is 2.29 bits per heavy atom. The zero-order valence-corrected chi connectivity index (χ0v) is 10.3. The highest BCUT2D eigenvalue weighted by Crippen LogP contribution is 2.19. The molecule has 0 aromatic heterocycles. The van der Waals surface area contributed by atoms with Crippen LogP contribution in [-0.2, 0) is 6.54 Å². The summed E-state index contributed by atoms with van der Waals surface area (Å²) in [4.78, 5) is 2.44. The van der Waals surface area contributed by atoms with E-state index in [9.17, 15) is 0 Å². The van der Waals surface area contributed by atoms with E-state index in [0.29, 0.717) is 0 Å². The molecule has 90 valence electrons. The first-order valence-electron chi connectivity index (χ1n) is 6.18. The van der Waals surface area contributed by atoms with Gasteiger partial charge in [0.25, 0.3) is 0 Å². The fourth-order valence-corrected chi connectivity index (χ4v) is 2.52. The van der Waals surface area contributed by atoms with Gasteiger partial charge in [-0.1, -0.05) is 18.2 Å². The summed E-state index contributed by atoms with van der Waals surface area (Å²) in [6.45, 7) is 4.28. The number of nitrogens with zero attached hydrogens (tertiary/aromatic N) is 2. The molecule has 1 fully saturated rings. The molecule has 1 aliphatic rings. The van der Waals surface area contributed by atoms with Crippen molar-refractivity contribution in [3.05, 3.63) is 35.4 Å². The molecule has 1 aromatic carbocycles. The summed E-state index contributed by atoms with van der Waals surface area (Å²) in [6.07, 6.45) is 1.26. The number of rotatable bonds is 4. The van der Waals surface area contributed by atoms with Gasteiger partial charge in [-0.25, -0.2) is 0 Å². The van der Waals surface area contributed by atoms with Crippen molar-refractivity contribution in [2.24, 2.45) is 5.92 Å². The van der Waals surface area contributed by atoms with Gasteiger partial charge >= 0.3 is 0 Å². The van der Waals surface area contributed by atoms with E-state index >= 15 is 0 Å². The number of benzene rings is 1. The quantitative estimate of drug-likeness (QED) is 0.852. The van der Waals surface area contributed by atoms with E-state index in [4.69, 9.17) is 5.26 Å². The van der Waals surface area contributed by atoms with Crippen molar-refractivity contribution in [1.29, 1.82) is 5.26 Å². The Morgan fingerprint density at radius 1 is 1.47 bits per heavy atom. The van der Waals surface area contributed by atoms with E-state index in [-0.39, 0.29) is 0 Å². The Labute approximate surface area is 103 Å². The number of hydrogen-bond donors (Lipinski definition) is 1. The minimum Gasteiger partial charge on any atom is -0.319 e. The molecule has 3 heteroatoms. The van der Waals surface area contributed by atoms with Gasteiger partial charge in [0.1, 0.15) is 0 Å². The highest BCUT2D eigenvalue weighted by atomic mass is 15.1. The second kappa shape index (κ2) is 5.81. The molecule has 0 amide bonds. The zero-order valence-electron chi connectivity index (χ0n) is 10.3. The first kappa shape index (κ1) is 12.1. The van der Waals surface area contributed by atoms with Crippen LogP contribution in [0.2, 0.25) is 0 Å². The van der Waals surface area contributed by atoms with Crippen LogP contribution in [0.25, 0.3) is 0 Å². The van der Waals surface area contributed by atoms with Crippen LogP contribution in [0.3, 0.4) is 0 Å². The second-order valence-electron chi connectivity index (χ2n) is 4.72. The van der Waals surface area contributed by atoms with Gasteiger partial charge in [0, 0.05) is 13.1 Å². The van der Waals surface area contributed by atoms with Gasteiger partial charge in [0.15, 0.2) is 0 Å². The molecule has 1 unspecified atom stereocenters. The average Bonchev–Trinajstić information content (AvgIpc) is 2.78. The molecule has 1 atom stereocenters. The van der Waals surface area contributed by atoms with E-state index < -0.39 is 0 Å². The van der Waals surface area contributed by atoms with Crippen molar-refractivity contribution in [2.75, 3.05) is 26.7 Å². The van der Waals surface area contributed by atoms with Crippen molar-refractivity contribution in [2.45, 2.75) is 13.0 Å². The molecular formula is C14H19N3. The second-order valence-corrected chi connectivity index (χ2v) is 4.72. The van der Waals surface area contributed by atoms with Gasteiger partial charge in [-0.2, -0.15) is 5.26 Å². The topological polar surface area (TPSA) is 39.1 Å². The van der Waals surface area contributed by atoms with Crippen molar-refractivity contribution in [3.63, 3.8) is 0 Å². The first-order chi connectivity index (χ1) is 8.33. The van der Waals surface area contributed by atoms with Gasteiger partial charge in [-0.3, -0.25) is 4.90 Å². The first-order valence-corrected chi connectivity index (χ1v) is 6.18. The van der Waals surface area contributed by atoms with Crippen molar-refractivity contribution < 1.29 is 0 Å². The number of nitrogens with one attached hydrogen (secondary N) is 1. The lowest BCUT2D eigenvalue weighted by atomic mass is 10.1. The number of hydrogen-bond acceptors (Lipinski definition) is 3. The standard InChI is InChI=1S/C14H19N3/c1-16-9-12-6-7-17(10-12)11-14-5-3-2-4-13(14)8-15/h2-5,12,16H,6-7,9-11H2,1H3.